The lowest BCUT2D eigenvalue weighted by Crippen LogP contribution is -2.41. The second-order valence-electron chi connectivity index (χ2n) is 4.97. The molecule has 20 heavy (non-hydrogen) atoms. The molecule has 5 heteroatoms. The first-order chi connectivity index (χ1) is 9.43. The molecule has 0 bridgehead atoms. The molecular formula is C15H22N2O3. The molecule has 110 valence electrons. The lowest BCUT2D eigenvalue weighted by Gasteiger charge is -2.22. The fourth-order valence-electron chi connectivity index (χ4n) is 1.97. The zero-order chi connectivity index (χ0) is 15.1. The molecule has 5 nitrogen and oxygen atoms in total. The molecule has 0 aliphatic rings. The van der Waals surface area contributed by atoms with Gasteiger partial charge in [0.1, 0.15) is 0 Å². The zero-order valence-electron chi connectivity index (χ0n) is 12.2. The maximum absolute atomic E-state index is 12.1. The summed E-state index contributed by atoms with van der Waals surface area (Å²) in [5.74, 6) is -0.939. The summed E-state index contributed by atoms with van der Waals surface area (Å²) < 4.78 is 0. The van der Waals surface area contributed by atoms with Crippen molar-refractivity contribution >= 4 is 17.7 Å². The maximum atomic E-state index is 12.1. The summed E-state index contributed by atoms with van der Waals surface area (Å²) in [6.07, 6.45) is 0.0524. The normalized spacial score (nSPS) is 11.8. The first-order valence-corrected chi connectivity index (χ1v) is 6.77. The van der Waals surface area contributed by atoms with Gasteiger partial charge in [0.05, 0.1) is 0 Å². The third-order valence-corrected chi connectivity index (χ3v) is 3.00. The average Bonchev–Trinajstić information content (AvgIpc) is 2.36. The number of aliphatic carboxylic acids is 1. The number of carbonyl (C=O) groups excluding carboxylic acids is 1. The van der Waals surface area contributed by atoms with Crippen molar-refractivity contribution in [3.05, 3.63) is 29.8 Å². The predicted molar refractivity (Wildman–Crippen MR) is 79.0 cm³/mol. The molecule has 0 spiro atoms. The highest BCUT2D eigenvalue weighted by molar-refractivity contribution is 5.92. The summed E-state index contributed by atoms with van der Waals surface area (Å²) in [4.78, 5) is 24.4. The first-order valence-electron chi connectivity index (χ1n) is 6.77. The van der Waals surface area contributed by atoms with Gasteiger partial charge in [-0.1, -0.05) is 19.1 Å². The number of aryl methyl sites for hydroxylation is 1. The third-order valence-electron chi connectivity index (χ3n) is 3.00. The van der Waals surface area contributed by atoms with Crippen molar-refractivity contribution in [2.75, 3.05) is 18.0 Å². The SMILES string of the molecule is CCN(C(=O)NCC(C)CC(=O)O)c1cccc(C)c1. The standard InChI is InChI=1S/C15H22N2O3/c1-4-17(13-7-5-6-11(2)8-13)15(20)16-10-12(3)9-14(18)19/h5-8,12H,4,9-10H2,1-3H3,(H,16,20)(H,18,19). The third kappa shape index (κ3) is 4.91. The Morgan fingerprint density at radius 1 is 1.40 bits per heavy atom. The second kappa shape index (κ2) is 7.53. The van der Waals surface area contributed by atoms with Crippen LogP contribution in [0, 0.1) is 12.8 Å². The molecule has 1 rings (SSSR count). The Morgan fingerprint density at radius 3 is 2.65 bits per heavy atom. The van der Waals surface area contributed by atoms with Crippen LogP contribution in [0.25, 0.3) is 0 Å². The van der Waals surface area contributed by atoms with Crippen molar-refractivity contribution in [3.8, 4) is 0 Å². The van der Waals surface area contributed by atoms with Gasteiger partial charge in [0.15, 0.2) is 0 Å². The Labute approximate surface area is 119 Å². The summed E-state index contributed by atoms with van der Waals surface area (Å²) in [5.41, 5.74) is 1.93. The second-order valence-corrected chi connectivity index (χ2v) is 4.97. The van der Waals surface area contributed by atoms with Crippen molar-refractivity contribution < 1.29 is 14.7 Å². The monoisotopic (exact) mass is 278 g/mol. The van der Waals surface area contributed by atoms with Gasteiger partial charge in [-0.3, -0.25) is 9.69 Å². The average molecular weight is 278 g/mol. The van der Waals surface area contributed by atoms with E-state index in [0.717, 1.165) is 11.3 Å². The minimum atomic E-state index is -0.849. The minimum Gasteiger partial charge on any atom is -0.481 e. The molecule has 1 aromatic carbocycles. The van der Waals surface area contributed by atoms with Crippen molar-refractivity contribution in [3.63, 3.8) is 0 Å². The fourth-order valence-corrected chi connectivity index (χ4v) is 1.97. The van der Waals surface area contributed by atoms with Gasteiger partial charge in [-0.15, -0.1) is 0 Å². The number of nitrogens with one attached hydrogen (secondary N) is 1. The van der Waals surface area contributed by atoms with Crippen LogP contribution in [0.3, 0.4) is 0 Å². The highest BCUT2D eigenvalue weighted by Crippen LogP contribution is 2.15. The molecule has 0 aliphatic heterocycles. The van der Waals surface area contributed by atoms with Gasteiger partial charge in [0.2, 0.25) is 0 Å². The van der Waals surface area contributed by atoms with E-state index in [-0.39, 0.29) is 18.4 Å². The van der Waals surface area contributed by atoms with Gasteiger partial charge in [-0.05, 0) is 37.5 Å². The highest BCUT2D eigenvalue weighted by atomic mass is 16.4. The number of carbonyl (C=O) groups is 2. The molecule has 0 radical (unpaired) electrons. The van der Waals surface area contributed by atoms with E-state index < -0.39 is 5.97 Å². The number of carboxylic acids is 1. The van der Waals surface area contributed by atoms with E-state index in [1.807, 2.05) is 38.1 Å². The number of benzene rings is 1. The lowest BCUT2D eigenvalue weighted by atomic mass is 10.1. The van der Waals surface area contributed by atoms with E-state index in [4.69, 9.17) is 5.11 Å². The number of nitrogens with zero attached hydrogens (tertiary/aromatic N) is 1. The molecule has 0 heterocycles. The van der Waals surface area contributed by atoms with Gasteiger partial charge in [0.25, 0.3) is 0 Å². The summed E-state index contributed by atoms with van der Waals surface area (Å²) >= 11 is 0. The Bertz CT molecular complexity index is 474. The van der Waals surface area contributed by atoms with E-state index in [1.54, 1.807) is 11.8 Å². The van der Waals surface area contributed by atoms with Gasteiger partial charge in [-0.2, -0.15) is 0 Å². The lowest BCUT2D eigenvalue weighted by molar-refractivity contribution is -0.137. The molecule has 0 fully saturated rings. The molecule has 0 saturated heterocycles. The van der Waals surface area contributed by atoms with E-state index >= 15 is 0 Å². The number of hydrogen-bond donors (Lipinski definition) is 2. The number of amides is 2. The van der Waals surface area contributed by atoms with Gasteiger partial charge < -0.3 is 10.4 Å². The molecule has 1 atom stereocenters. The van der Waals surface area contributed by atoms with Crippen LogP contribution in [0.1, 0.15) is 25.8 Å². The van der Waals surface area contributed by atoms with Crippen LogP contribution in [-0.4, -0.2) is 30.2 Å². The number of hydrogen-bond acceptors (Lipinski definition) is 2. The summed E-state index contributed by atoms with van der Waals surface area (Å²) in [7, 11) is 0. The summed E-state index contributed by atoms with van der Waals surface area (Å²) in [5, 5.41) is 11.5. The van der Waals surface area contributed by atoms with Crippen molar-refractivity contribution in [1.82, 2.24) is 5.32 Å². The van der Waals surface area contributed by atoms with Crippen molar-refractivity contribution in [2.24, 2.45) is 5.92 Å². The van der Waals surface area contributed by atoms with E-state index in [0.29, 0.717) is 13.1 Å². The number of rotatable bonds is 6. The van der Waals surface area contributed by atoms with Gasteiger partial charge in [0, 0.05) is 25.2 Å². The fraction of sp³-hybridized carbons (Fsp3) is 0.467. The smallest absolute Gasteiger partial charge is 0.321 e. The predicted octanol–water partition coefficient (Wildman–Crippen LogP) is 2.64. The number of anilines is 1. The Morgan fingerprint density at radius 2 is 2.10 bits per heavy atom. The van der Waals surface area contributed by atoms with E-state index in [9.17, 15) is 9.59 Å². The molecular weight excluding hydrogens is 256 g/mol. The van der Waals surface area contributed by atoms with Crippen LogP contribution < -0.4 is 10.2 Å². The van der Waals surface area contributed by atoms with Crippen LogP contribution in [0.15, 0.2) is 24.3 Å². The van der Waals surface area contributed by atoms with Crippen LogP contribution in [-0.2, 0) is 4.79 Å². The number of urea groups is 1. The Balaban J connectivity index is 2.62. The maximum Gasteiger partial charge on any atom is 0.321 e. The van der Waals surface area contributed by atoms with Crippen LogP contribution >= 0.6 is 0 Å². The molecule has 2 N–H and O–H groups in total. The molecule has 0 saturated carbocycles. The quantitative estimate of drug-likeness (QED) is 0.840. The van der Waals surface area contributed by atoms with E-state index in [2.05, 4.69) is 5.32 Å². The minimum absolute atomic E-state index is 0.0524. The summed E-state index contributed by atoms with van der Waals surface area (Å²) in [6.45, 7) is 6.60. The van der Waals surface area contributed by atoms with E-state index in [1.165, 1.54) is 0 Å². The molecule has 0 aliphatic carbocycles. The Kier molecular flexibility index (Phi) is 6.03. The van der Waals surface area contributed by atoms with Crippen LogP contribution in [0.2, 0.25) is 0 Å². The van der Waals surface area contributed by atoms with Gasteiger partial charge >= 0.3 is 12.0 Å². The largest absolute Gasteiger partial charge is 0.481 e. The summed E-state index contributed by atoms with van der Waals surface area (Å²) in [6, 6.07) is 7.52. The number of carboxylic acid groups (broad SMARTS) is 1. The Hall–Kier alpha value is -2.04. The van der Waals surface area contributed by atoms with Crippen LogP contribution in [0.5, 0.6) is 0 Å². The first kappa shape index (κ1) is 16.0. The van der Waals surface area contributed by atoms with Crippen molar-refractivity contribution in [2.45, 2.75) is 27.2 Å². The topological polar surface area (TPSA) is 69.6 Å². The van der Waals surface area contributed by atoms with Crippen LogP contribution in [0.4, 0.5) is 10.5 Å². The van der Waals surface area contributed by atoms with Crippen molar-refractivity contribution in [1.29, 1.82) is 0 Å². The van der Waals surface area contributed by atoms with Gasteiger partial charge in [-0.25, -0.2) is 4.79 Å². The zero-order valence-corrected chi connectivity index (χ0v) is 12.2. The molecule has 1 unspecified atom stereocenters. The molecule has 1 aromatic rings. The highest BCUT2D eigenvalue weighted by Gasteiger charge is 2.15. The molecule has 2 amide bonds. The molecule has 0 aromatic heterocycles.